The van der Waals surface area contributed by atoms with Gasteiger partial charge < -0.3 is 0 Å². The van der Waals surface area contributed by atoms with Crippen LogP contribution < -0.4 is 0 Å². The molecule has 0 atom stereocenters. The molecular weight excluding hydrogens is 456 g/mol. The van der Waals surface area contributed by atoms with E-state index in [0.717, 1.165) is 0 Å². The summed E-state index contributed by atoms with van der Waals surface area (Å²) < 4.78 is 0. The van der Waals surface area contributed by atoms with E-state index in [1.165, 1.54) is 76.5 Å². The van der Waals surface area contributed by atoms with Gasteiger partial charge in [-0.15, -0.1) is 0 Å². The summed E-state index contributed by atoms with van der Waals surface area (Å²) in [5.41, 5.74) is 7.63. The summed E-state index contributed by atoms with van der Waals surface area (Å²) in [6, 6.07) is 53.3. The largest absolute Gasteiger partial charge is 0.0622 e. The van der Waals surface area contributed by atoms with Crippen molar-refractivity contribution in [2.75, 3.05) is 0 Å². The van der Waals surface area contributed by atoms with Crippen molar-refractivity contribution in [3.05, 3.63) is 146 Å². The molecule has 8 aromatic rings. The Labute approximate surface area is 221 Å². The average Bonchev–Trinajstić information content (AvgIpc) is 3.00. The molecule has 0 N–H and O–H groups in total. The van der Waals surface area contributed by atoms with Crippen LogP contribution in [0.25, 0.3) is 76.5 Å². The first-order valence-electron chi connectivity index (χ1n) is 13.2. The van der Waals surface area contributed by atoms with E-state index in [1.54, 1.807) is 0 Å². The van der Waals surface area contributed by atoms with Crippen LogP contribution in [0.1, 0.15) is 0 Å². The minimum atomic E-state index is 1.25. The zero-order chi connectivity index (χ0) is 25.1. The molecule has 0 bridgehead atoms. The average molecular weight is 481 g/mol. The van der Waals surface area contributed by atoms with Gasteiger partial charge in [0.15, 0.2) is 0 Å². The Kier molecular flexibility index (Phi) is 4.62. The minimum Gasteiger partial charge on any atom is -0.0622 e. The number of benzene rings is 8. The fraction of sp³-hybridized carbons (Fsp3) is 0. The van der Waals surface area contributed by atoms with Gasteiger partial charge >= 0.3 is 0 Å². The van der Waals surface area contributed by atoms with Gasteiger partial charge in [-0.3, -0.25) is 0 Å². The molecule has 0 spiro atoms. The van der Waals surface area contributed by atoms with Crippen molar-refractivity contribution in [1.29, 1.82) is 0 Å². The molecule has 176 valence electrons. The topological polar surface area (TPSA) is 0 Å². The van der Waals surface area contributed by atoms with Gasteiger partial charge in [0, 0.05) is 0 Å². The third-order valence-corrected chi connectivity index (χ3v) is 8.01. The van der Waals surface area contributed by atoms with Crippen molar-refractivity contribution in [3.8, 4) is 33.4 Å². The molecule has 0 aromatic heterocycles. The highest BCUT2D eigenvalue weighted by molar-refractivity contribution is 6.31. The van der Waals surface area contributed by atoms with Crippen LogP contribution in [0.4, 0.5) is 0 Å². The smallest absolute Gasteiger partial charge is 0.00141 e. The first-order chi connectivity index (χ1) is 18.9. The Morgan fingerprint density at radius 2 is 0.868 bits per heavy atom. The molecular formula is C38H24. The second-order valence-electron chi connectivity index (χ2n) is 10.1. The third-order valence-electron chi connectivity index (χ3n) is 8.01. The maximum Gasteiger partial charge on any atom is -0.00141 e. The van der Waals surface area contributed by atoms with Crippen molar-refractivity contribution in [2.24, 2.45) is 0 Å². The molecule has 0 aliphatic carbocycles. The van der Waals surface area contributed by atoms with Gasteiger partial charge in [0.25, 0.3) is 0 Å². The van der Waals surface area contributed by atoms with Crippen LogP contribution in [-0.4, -0.2) is 0 Å². The zero-order valence-corrected chi connectivity index (χ0v) is 20.9. The molecule has 8 aromatic carbocycles. The normalized spacial score (nSPS) is 11.7. The van der Waals surface area contributed by atoms with Crippen molar-refractivity contribution < 1.29 is 0 Å². The molecule has 0 heteroatoms. The molecule has 0 amide bonds. The molecule has 0 aliphatic heterocycles. The zero-order valence-electron chi connectivity index (χ0n) is 20.9. The second-order valence-corrected chi connectivity index (χ2v) is 10.1. The molecule has 0 aliphatic rings. The fourth-order valence-corrected chi connectivity index (χ4v) is 6.32. The van der Waals surface area contributed by atoms with Crippen LogP contribution in [0.15, 0.2) is 146 Å². The lowest BCUT2D eigenvalue weighted by atomic mass is 9.83. The summed E-state index contributed by atoms with van der Waals surface area (Å²) in [5.74, 6) is 0. The number of hydrogen-bond acceptors (Lipinski definition) is 0. The molecule has 0 saturated heterocycles. The highest BCUT2D eigenvalue weighted by Gasteiger charge is 2.19. The number of rotatable bonds is 3. The molecule has 8 rings (SSSR count). The molecule has 38 heavy (non-hydrogen) atoms. The Balaban J connectivity index is 1.59. The fourth-order valence-electron chi connectivity index (χ4n) is 6.32. The summed E-state index contributed by atoms with van der Waals surface area (Å²) in [6.45, 7) is 0. The van der Waals surface area contributed by atoms with Crippen LogP contribution in [0.2, 0.25) is 0 Å². The lowest BCUT2D eigenvalue weighted by molar-refractivity contribution is 1.65. The van der Waals surface area contributed by atoms with Gasteiger partial charge in [0.05, 0.1) is 0 Å². The van der Waals surface area contributed by atoms with Crippen molar-refractivity contribution in [3.63, 3.8) is 0 Å². The van der Waals surface area contributed by atoms with E-state index >= 15 is 0 Å². The number of hydrogen-bond donors (Lipinski definition) is 0. The molecule has 0 nitrogen and oxygen atoms in total. The van der Waals surface area contributed by atoms with Crippen molar-refractivity contribution in [1.82, 2.24) is 0 Å². The Morgan fingerprint density at radius 1 is 0.263 bits per heavy atom. The van der Waals surface area contributed by atoms with Gasteiger partial charge in [0.2, 0.25) is 0 Å². The van der Waals surface area contributed by atoms with Crippen LogP contribution in [0, 0.1) is 0 Å². The van der Waals surface area contributed by atoms with Crippen LogP contribution in [0.3, 0.4) is 0 Å². The SMILES string of the molecule is c1ccc(-c2ccc3cc(-c4ccccc4)c4cccc5c(-c6cccc7ccccc67)cc2c3c45)cc1. The monoisotopic (exact) mass is 480 g/mol. The predicted octanol–water partition coefficient (Wildman–Crippen LogP) is 10.7. The first kappa shape index (κ1) is 21.2. The van der Waals surface area contributed by atoms with Crippen LogP contribution >= 0.6 is 0 Å². The molecule has 0 fully saturated rings. The standard InChI is InChI=1S/C38H24/c1-3-11-25(12-4-1)30-22-21-28-23-34(27-13-5-2-6-14-27)32-19-10-20-33-35(24-36(30)37(28)38(32)33)31-18-9-16-26-15-7-8-17-29(26)31/h1-24H. The lowest BCUT2D eigenvalue weighted by Gasteiger charge is -2.20. The summed E-state index contributed by atoms with van der Waals surface area (Å²) in [4.78, 5) is 0. The van der Waals surface area contributed by atoms with Crippen molar-refractivity contribution in [2.45, 2.75) is 0 Å². The number of fused-ring (bicyclic) bond motifs is 1. The predicted molar refractivity (Wildman–Crippen MR) is 164 cm³/mol. The van der Waals surface area contributed by atoms with Gasteiger partial charge in [-0.2, -0.15) is 0 Å². The Morgan fingerprint density at radius 3 is 1.66 bits per heavy atom. The van der Waals surface area contributed by atoms with Gasteiger partial charge in [-0.05, 0) is 88.6 Å². The molecule has 0 radical (unpaired) electrons. The molecule has 0 saturated carbocycles. The van der Waals surface area contributed by atoms with Crippen molar-refractivity contribution >= 4 is 43.1 Å². The van der Waals surface area contributed by atoms with E-state index in [1.807, 2.05) is 0 Å². The van der Waals surface area contributed by atoms with Crippen LogP contribution in [-0.2, 0) is 0 Å². The van der Waals surface area contributed by atoms with Gasteiger partial charge in [-0.25, -0.2) is 0 Å². The van der Waals surface area contributed by atoms with E-state index in [9.17, 15) is 0 Å². The molecule has 0 heterocycles. The maximum absolute atomic E-state index is 2.44. The molecule has 0 unspecified atom stereocenters. The van der Waals surface area contributed by atoms with Crippen LogP contribution in [0.5, 0.6) is 0 Å². The van der Waals surface area contributed by atoms with Gasteiger partial charge in [0.1, 0.15) is 0 Å². The van der Waals surface area contributed by atoms with E-state index in [4.69, 9.17) is 0 Å². The van der Waals surface area contributed by atoms with E-state index in [0.29, 0.717) is 0 Å². The third kappa shape index (κ3) is 3.11. The van der Waals surface area contributed by atoms with E-state index < -0.39 is 0 Å². The van der Waals surface area contributed by atoms with E-state index in [2.05, 4.69) is 146 Å². The highest BCUT2D eigenvalue weighted by Crippen LogP contribution is 2.47. The Hall–Kier alpha value is -4.94. The summed E-state index contributed by atoms with van der Waals surface area (Å²) in [6.07, 6.45) is 0. The Bertz CT molecular complexity index is 2100. The lowest BCUT2D eigenvalue weighted by Crippen LogP contribution is -1.93. The first-order valence-corrected chi connectivity index (χ1v) is 13.2. The van der Waals surface area contributed by atoms with Gasteiger partial charge in [-0.1, -0.05) is 133 Å². The quantitative estimate of drug-likeness (QED) is 0.221. The highest BCUT2D eigenvalue weighted by atomic mass is 14.2. The minimum absolute atomic E-state index is 1.25. The summed E-state index contributed by atoms with van der Waals surface area (Å²) in [7, 11) is 0. The van der Waals surface area contributed by atoms with E-state index in [-0.39, 0.29) is 0 Å². The summed E-state index contributed by atoms with van der Waals surface area (Å²) >= 11 is 0. The maximum atomic E-state index is 2.44. The second kappa shape index (κ2) is 8.30. The summed E-state index contributed by atoms with van der Waals surface area (Å²) in [5, 5.41) is 10.4.